The number of imidazole rings is 1. The molecule has 1 fully saturated rings. The number of aromatic nitrogens is 5. The molecule has 2 aromatic carbocycles. The summed E-state index contributed by atoms with van der Waals surface area (Å²) in [5, 5.41) is 8.71. The van der Waals surface area contributed by atoms with Gasteiger partial charge in [0.25, 0.3) is 0 Å². The molecule has 0 saturated carbocycles. The van der Waals surface area contributed by atoms with Gasteiger partial charge < -0.3 is 14.6 Å². The maximum atomic E-state index is 14.9. The van der Waals surface area contributed by atoms with E-state index in [1.54, 1.807) is 13.0 Å². The lowest BCUT2D eigenvalue weighted by Crippen LogP contribution is -2.29. The van der Waals surface area contributed by atoms with Gasteiger partial charge in [-0.05, 0) is 50.5 Å². The molecule has 2 N–H and O–H groups in total. The van der Waals surface area contributed by atoms with E-state index in [4.69, 9.17) is 32.9 Å². The van der Waals surface area contributed by atoms with Gasteiger partial charge in [-0.2, -0.15) is 5.10 Å². The summed E-state index contributed by atoms with van der Waals surface area (Å²) in [5.74, 6) is 0.129. The molecule has 0 amide bonds. The second-order valence-electron chi connectivity index (χ2n) is 9.01. The van der Waals surface area contributed by atoms with E-state index in [0.29, 0.717) is 38.0 Å². The lowest BCUT2D eigenvalue weighted by atomic mass is 10.1. The summed E-state index contributed by atoms with van der Waals surface area (Å²) < 4.78 is 20.9. The normalized spacial score (nSPS) is 15.1. The molecule has 0 aliphatic carbocycles. The third-order valence-corrected chi connectivity index (χ3v) is 7.23. The predicted molar refractivity (Wildman–Crippen MR) is 141 cm³/mol. The lowest BCUT2D eigenvalue weighted by molar-refractivity contribution is 0.217. The van der Waals surface area contributed by atoms with Crippen LogP contribution in [-0.2, 0) is 0 Å². The van der Waals surface area contributed by atoms with Crippen molar-refractivity contribution in [2.45, 2.75) is 32.3 Å². The standard InChI is InChI=1S/C26H23Cl2FN6O/c1-14(24-17(27)12-30-13-18(24)28)36-23-10-16-21(11-19(23)29)33-34-25(16)26-31-20-6-5-15(9-22(20)32-26)35-7-3-2-4-8-35/h5-6,9-14H,2-4,7-8H2,1H3,(H,31,32)(H,33,34). The van der Waals surface area contributed by atoms with Crippen molar-refractivity contribution in [1.29, 1.82) is 0 Å². The van der Waals surface area contributed by atoms with Gasteiger partial charge in [0.05, 0.1) is 26.6 Å². The van der Waals surface area contributed by atoms with Crippen LogP contribution in [0.5, 0.6) is 5.75 Å². The van der Waals surface area contributed by atoms with Crippen molar-refractivity contribution in [3.8, 4) is 17.3 Å². The minimum Gasteiger partial charge on any atom is -0.483 e. The number of anilines is 1. The Kier molecular flexibility index (Phi) is 5.93. The molecule has 1 atom stereocenters. The quantitative estimate of drug-likeness (QED) is 0.256. The summed E-state index contributed by atoms with van der Waals surface area (Å²) in [6.07, 6.45) is 6.07. The molecule has 0 spiro atoms. The Morgan fingerprint density at radius 3 is 2.58 bits per heavy atom. The molecule has 0 radical (unpaired) electrons. The van der Waals surface area contributed by atoms with Crippen molar-refractivity contribution >= 4 is 50.8 Å². The van der Waals surface area contributed by atoms with Crippen molar-refractivity contribution in [2.24, 2.45) is 0 Å². The topological polar surface area (TPSA) is 82.7 Å². The van der Waals surface area contributed by atoms with E-state index < -0.39 is 11.9 Å². The third-order valence-electron chi connectivity index (χ3n) is 6.63. The number of pyridine rings is 1. The average molecular weight is 525 g/mol. The zero-order valence-electron chi connectivity index (χ0n) is 19.5. The van der Waals surface area contributed by atoms with Crippen LogP contribution in [0.1, 0.15) is 37.9 Å². The molecule has 1 aliphatic heterocycles. The Morgan fingerprint density at radius 2 is 1.81 bits per heavy atom. The predicted octanol–water partition coefficient (Wildman–Crippen LogP) is 7.08. The van der Waals surface area contributed by atoms with Crippen molar-refractivity contribution in [2.75, 3.05) is 18.0 Å². The number of rotatable bonds is 5. The van der Waals surface area contributed by atoms with Gasteiger partial charge in [-0.3, -0.25) is 10.1 Å². The second kappa shape index (κ2) is 9.26. The fourth-order valence-corrected chi connectivity index (χ4v) is 5.48. The number of benzene rings is 2. The molecule has 1 unspecified atom stereocenters. The monoisotopic (exact) mass is 524 g/mol. The van der Waals surface area contributed by atoms with E-state index >= 15 is 0 Å². The maximum Gasteiger partial charge on any atom is 0.167 e. The van der Waals surface area contributed by atoms with E-state index in [1.165, 1.54) is 43.4 Å². The van der Waals surface area contributed by atoms with E-state index in [9.17, 15) is 4.39 Å². The first kappa shape index (κ1) is 23.1. The van der Waals surface area contributed by atoms with Crippen LogP contribution in [0.15, 0.2) is 42.7 Å². The molecule has 3 aromatic heterocycles. The van der Waals surface area contributed by atoms with Crippen LogP contribution in [0, 0.1) is 5.82 Å². The van der Waals surface area contributed by atoms with E-state index in [1.807, 2.05) is 6.07 Å². The summed E-state index contributed by atoms with van der Waals surface area (Å²) in [6, 6.07) is 9.24. The molecular weight excluding hydrogens is 502 g/mol. The summed E-state index contributed by atoms with van der Waals surface area (Å²) in [7, 11) is 0. The molecule has 7 nitrogen and oxygen atoms in total. The SMILES string of the molecule is CC(Oc1cc2c(-c3nc4ccc(N5CCCCC5)cc4[nH]3)n[nH]c2cc1F)c1c(Cl)cncc1Cl. The highest BCUT2D eigenvalue weighted by Crippen LogP contribution is 2.36. The molecule has 1 aliphatic rings. The van der Waals surface area contributed by atoms with Crippen LogP contribution in [0.3, 0.4) is 0 Å². The number of aromatic amines is 2. The Morgan fingerprint density at radius 1 is 1.03 bits per heavy atom. The van der Waals surface area contributed by atoms with Crippen LogP contribution < -0.4 is 9.64 Å². The fourth-order valence-electron chi connectivity index (χ4n) is 4.81. The van der Waals surface area contributed by atoms with Crippen LogP contribution in [-0.4, -0.2) is 38.2 Å². The molecule has 4 heterocycles. The van der Waals surface area contributed by atoms with Gasteiger partial charge in [-0.15, -0.1) is 0 Å². The minimum absolute atomic E-state index is 0.0603. The number of halogens is 3. The molecular formula is C26H23Cl2FN6O. The highest BCUT2D eigenvalue weighted by Gasteiger charge is 2.21. The molecule has 6 rings (SSSR count). The van der Waals surface area contributed by atoms with Gasteiger partial charge >= 0.3 is 0 Å². The number of fused-ring (bicyclic) bond motifs is 2. The van der Waals surface area contributed by atoms with Gasteiger partial charge in [0.15, 0.2) is 17.4 Å². The summed E-state index contributed by atoms with van der Waals surface area (Å²) in [5.41, 5.74) is 4.62. The molecule has 36 heavy (non-hydrogen) atoms. The van der Waals surface area contributed by atoms with E-state index in [0.717, 1.165) is 24.1 Å². The Hall–Kier alpha value is -3.36. The average Bonchev–Trinajstić information content (AvgIpc) is 3.47. The number of piperidine rings is 1. The van der Waals surface area contributed by atoms with Crippen molar-refractivity contribution in [3.63, 3.8) is 0 Å². The summed E-state index contributed by atoms with van der Waals surface area (Å²) in [4.78, 5) is 14.5. The van der Waals surface area contributed by atoms with Gasteiger partial charge in [0.1, 0.15) is 11.8 Å². The zero-order chi connectivity index (χ0) is 24.8. The number of ether oxygens (including phenoxy) is 1. The second-order valence-corrected chi connectivity index (χ2v) is 9.83. The third kappa shape index (κ3) is 4.14. The van der Waals surface area contributed by atoms with Crippen molar-refractivity contribution in [1.82, 2.24) is 25.1 Å². The Bertz CT molecular complexity index is 1560. The van der Waals surface area contributed by atoms with Crippen LogP contribution >= 0.6 is 23.2 Å². The number of nitrogens with one attached hydrogen (secondary N) is 2. The van der Waals surface area contributed by atoms with Gasteiger partial charge in [-0.25, -0.2) is 9.37 Å². The molecule has 0 bridgehead atoms. The van der Waals surface area contributed by atoms with Crippen LogP contribution in [0.2, 0.25) is 10.0 Å². The van der Waals surface area contributed by atoms with E-state index in [2.05, 4.69) is 37.2 Å². The Labute approximate surface area is 216 Å². The van der Waals surface area contributed by atoms with Crippen LogP contribution in [0.25, 0.3) is 33.5 Å². The summed E-state index contributed by atoms with van der Waals surface area (Å²) >= 11 is 12.5. The highest BCUT2D eigenvalue weighted by atomic mass is 35.5. The molecule has 10 heteroatoms. The maximum absolute atomic E-state index is 14.9. The van der Waals surface area contributed by atoms with Crippen molar-refractivity contribution < 1.29 is 9.13 Å². The van der Waals surface area contributed by atoms with Gasteiger partial charge in [0.2, 0.25) is 0 Å². The Balaban J connectivity index is 1.35. The lowest BCUT2D eigenvalue weighted by Gasteiger charge is -2.28. The molecule has 1 saturated heterocycles. The first-order chi connectivity index (χ1) is 17.5. The van der Waals surface area contributed by atoms with Crippen molar-refractivity contribution in [3.05, 3.63) is 64.2 Å². The highest BCUT2D eigenvalue weighted by molar-refractivity contribution is 6.35. The minimum atomic E-state index is -0.602. The van der Waals surface area contributed by atoms with E-state index in [-0.39, 0.29) is 5.75 Å². The zero-order valence-corrected chi connectivity index (χ0v) is 21.0. The first-order valence-electron chi connectivity index (χ1n) is 11.9. The summed E-state index contributed by atoms with van der Waals surface area (Å²) in [6.45, 7) is 3.89. The fraction of sp³-hybridized carbons (Fsp3) is 0.269. The molecule has 5 aromatic rings. The number of hydrogen-bond acceptors (Lipinski definition) is 5. The number of nitrogens with zero attached hydrogens (tertiary/aromatic N) is 4. The number of hydrogen-bond donors (Lipinski definition) is 2. The van der Waals surface area contributed by atoms with Gasteiger partial charge in [0, 0.05) is 48.2 Å². The first-order valence-corrected chi connectivity index (χ1v) is 12.6. The number of H-pyrrole nitrogens is 2. The smallest absolute Gasteiger partial charge is 0.167 e. The van der Waals surface area contributed by atoms with Gasteiger partial charge in [-0.1, -0.05) is 23.2 Å². The van der Waals surface area contributed by atoms with Crippen LogP contribution in [0.4, 0.5) is 10.1 Å². The molecule has 184 valence electrons. The largest absolute Gasteiger partial charge is 0.483 e.